The summed E-state index contributed by atoms with van der Waals surface area (Å²) in [6.07, 6.45) is 1.32. The molecule has 0 aliphatic rings. The van der Waals surface area contributed by atoms with Crippen LogP contribution in [0, 0.1) is 5.82 Å². The molecule has 17 heavy (non-hydrogen) atoms. The third-order valence-electron chi connectivity index (χ3n) is 2.20. The van der Waals surface area contributed by atoms with Crippen LogP contribution in [0.2, 0.25) is 0 Å². The zero-order valence-corrected chi connectivity index (χ0v) is 8.59. The number of hydrogen-bond acceptors (Lipinski definition) is 3. The number of benzene rings is 1. The van der Waals surface area contributed by atoms with Crippen molar-refractivity contribution in [1.29, 1.82) is 0 Å². The maximum Gasteiger partial charge on any atom is 0.354 e. The number of carboxylic acids is 1. The Kier molecular flexibility index (Phi) is 2.74. The first-order chi connectivity index (χ1) is 8.06. The maximum absolute atomic E-state index is 13.0. The van der Waals surface area contributed by atoms with Crippen LogP contribution in [0.5, 0.6) is 5.75 Å². The van der Waals surface area contributed by atoms with Gasteiger partial charge in [0.25, 0.3) is 0 Å². The Morgan fingerprint density at radius 2 is 1.94 bits per heavy atom. The second kappa shape index (κ2) is 4.21. The second-order valence-corrected chi connectivity index (χ2v) is 3.44. The van der Waals surface area contributed by atoms with Gasteiger partial charge < -0.3 is 10.2 Å². The largest absolute Gasteiger partial charge is 0.508 e. The van der Waals surface area contributed by atoms with Crippen molar-refractivity contribution in [3.8, 4) is 16.9 Å². The highest BCUT2D eigenvalue weighted by atomic mass is 19.1. The fraction of sp³-hybridized carbons (Fsp3) is 0. The molecule has 1 aromatic carbocycles. The lowest BCUT2D eigenvalue weighted by atomic mass is 10.1. The van der Waals surface area contributed by atoms with E-state index in [1.807, 2.05) is 0 Å². The molecule has 0 amide bonds. The van der Waals surface area contributed by atoms with E-state index in [1.165, 1.54) is 30.5 Å². The summed E-state index contributed by atoms with van der Waals surface area (Å²) in [5.41, 5.74) is 0.881. The Morgan fingerprint density at radius 3 is 2.47 bits per heavy atom. The van der Waals surface area contributed by atoms with E-state index >= 15 is 0 Å². The molecule has 0 bridgehead atoms. The number of phenols is 1. The molecular formula is C12H8FNO3. The molecule has 0 saturated carbocycles. The average Bonchev–Trinajstić information content (AvgIpc) is 2.28. The van der Waals surface area contributed by atoms with Crippen LogP contribution in [0.1, 0.15) is 10.5 Å². The predicted octanol–water partition coefficient (Wildman–Crippen LogP) is 2.29. The SMILES string of the molecule is O=C(O)c1ccc(-c2cc(O)cc(F)c2)cn1. The molecule has 2 rings (SSSR count). The first-order valence-electron chi connectivity index (χ1n) is 4.75. The van der Waals surface area contributed by atoms with Gasteiger partial charge in [0.1, 0.15) is 17.3 Å². The summed E-state index contributed by atoms with van der Waals surface area (Å²) < 4.78 is 13.0. The van der Waals surface area contributed by atoms with Crippen LogP contribution in [-0.2, 0) is 0 Å². The van der Waals surface area contributed by atoms with Crippen molar-refractivity contribution in [3.63, 3.8) is 0 Å². The van der Waals surface area contributed by atoms with E-state index < -0.39 is 11.8 Å². The number of nitrogens with zero attached hydrogens (tertiary/aromatic N) is 1. The van der Waals surface area contributed by atoms with Crippen LogP contribution in [0.25, 0.3) is 11.1 Å². The van der Waals surface area contributed by atoms with E-state index in [-0.39, 0.29) is 11.4 Å². The number of aromatic carboxylic acids is 1. The molecule has 0 saturated heterocycles. The first kappa shape index (κ1) is 11.1. The second-order valence-electron chi connectivity index (χ2n) is 3.44. The van der Waals surface area contributed by atoms with E-state index in [4.69, 9.17) is 5.11 Å². The maximum atomic E-state index is 13.0. The zero-order chi connectivity index (χ0) is 12.4. The monoisotopic (exact) mass is 233 g/mol. The molecule has 0 radical (unpaired) electrons. The smallest absolute Gasteiger partial charge is 0.354 e. The van der Waals surface area contributed by atoms with Crippen LogP contribution in [-0.4, -0.2) is 21.2 Å². The van der Waals surface area contributed by atoms with E-state index in [9.17, 15) is 14.3 Å². The minimum Gasteiger partial charge on any atom is -0.508 e. The Hall–Kier alpha value is -2.43. The van der Waals surface area contributed by atoms with Crippen molar-refractivity contribution in [2.24, 2.45) is 0 Å². The summed E-state index contributed by atoms with van der Waals surface area (Å²) in [5, 5.41) is 17.9. The number of aromatic hydroxyl groups is 1. The van der Waals surface area contributed by atoms with E-state index in [1.54, 1.807) is 0 Å². The Balaban J connectivity index is 2.43. The number of phenolic OH excluding ortho intramolecular Hbond substituents is 1. The summed E-state index contributed by atoms with van der Waals surface area (Å²) in [7, 11) is 0. The van der Waals surface area contributed by atoms with Crippen LogP contribution >= 0.6 is 0 Å². The van der Waals surface area contributed by atoms with Gasteiger partial charge in [-0.1, -0.05) is 6.07 Å². The minimum atomic E-state index is -1.13. The molecular weight excluding hydrogens is 225 g/mol. The Labute approximate surface area is 96.0 Å². The number of pyridine rings is 1. The van der Waals surface area contributed by atoms with Gasteiger partial charge in [-0.15, -0.1) is 0 Å². The molecule has 0 unspecified atom stereocenters. The molecule has 1 aromatic heterocycles. The number of rotatable bonds is 2. The fourth-order valence-corrected chi connectivity index (χ4v) is 1.43. The number of halogens is 1. The minimum absolute atomic E-state index is 0.0885. The highest BCUT2D eigenvalue weighted by molar-refractivity contribution is 5.85. The van der Waals surface area contributed by atoms with Crippen molar-refractivity contribution in [1.82, 2.24) is 4.98 Å². The highest BCUT2D eigenvalue weighted by Crippen LogP contribution is 2.24. The van der Waals surface area contributed by atoms with Crippen molar-refractivity contribution in [2.45, 2.75) is 0 Å². The Morgan fingerprint density at radius 1 is 1.18 bits per heavy atom. The van der Waals surface area contributed by atoms with Gasteiger partial charge in [0, 0.05) is 17.8 Å². The summed E-state index contributed by atoms with van der Waals surface area (Å²) in [5.74, 6) is -1.89. The van der Waals surface area contributed by atoms with Crippen molar-refractivity contribution in [3.05, 3.63) is 48.0 Å². The molecule has 4 nitrogen and oxygen atoms in total. The molecule has 1 heterocycles. The van der Waals surface area contributed by atoms with Gasteiger partial charge >= 0.3 is 5.97 Å². The number of carboxylic acid groups (broad SMARTS) is 1. The van der Waals surface area contributed by atoms with Gasteiger partial charge in [0.05, 0.1) is 0 Å². The van der Waals surface area contributed by atoms with Gasteiger partial charge in [-0.25, -0.2) is 14.2 Å². The average molecular weight is 233 g/mol. The molecule has 5 heteroatoms. The summed E-state index contributed by atoms with van der Waals surface area (Å²) in [6.45, 7) is 0. The van der Waals surface area contributed by atoms with Crippen LogP contribution < -0.4 is 0 Å². The number of aromatic nitrogens is 1. The lowest BCUT2D eigenvalue weighted by Gasteiger charge is -2.03. The molecule has 0 fully saturated rings. The van der Waals surface area contributed by atoms with E-state index in [0.29, 0.717) is 11.1 Å². The summed E-state index contributed by atoms with van der Waals surface area (Å²) in [4.78, 5) is 14.3. The Bertz CT molecular complexity index is 546. The third kappa shape index (κ3) is 2.39. The van der Waals surface area contributed by atoms with Crippen molar-refractivity contribution < 1.29 is 19.4 Å². The highest BCUT2D eigenvalue weighted by Gasteiger charge is 2.06. The molecule has 0 aliphatic heterocycles. The van der Waals surface area contributed by atoms with Gasteiger partial charge in [0.2, 0.25) is 0 Å². The zero-order valence-electron chi connectivity index (χ0n) is 8.59. The molecule has 2 N–H and O–H groups in total. The van der Waals surface area contributed by atoms with Gasteiger partial charge in [-0.2, -0.15) is 0 Å². The lowest BCUT2D eigenvalue weighted by Crippen LogP contribution is -1.99. The van der Waals surface area contributed by atoms with Gasteiger partial charge in [-0.3, -0.25) is 0 Å². The predicted molar refractivity (Wildman–Crippen MR) is 58.3 cm³/mol. The summed E-state index contributed by atoms with van der Waals surface area (Å²) in [6, 6.07) is 6.42. The van der Waals surface area contributed by atoms with Crippen LogP contribution in [0.15, 0.2) is 36.5 Å². The topological polar surface area (TPSA) is 70.4 Å². The van der Waals surface area contributed by atoms with Crippen molar-refractivity contribution >= 4 is 5.97 Å². The van der Waals surface area contributed by atoms with Gasteiger partial charge in [-0.05, 0) is 23.8 Å². The molecule has 0 atom stereocenters. The lowest BCUT2D eigenvalue weighted by molar-refractivity contribution is 0.0690. The molecule has 0 spiro atoms. The molecule has 2 aromatic rings. The van der Waals surface area contributed by atoms with Crippen LogP contribution in [0.3, 0.4) is 0 Å². The standard InChI is InChI=1S/C12H8FNO3/c13-9-3-8(4-10(15)5-9)7-1-2-11(12(16)17)14-6-7/h1-6,15H,(H,16,17). The van der Waals surface area contributed by atoms with E-state index in [0.717, 1.165) is 6.07 Å². The quantitative estimate of drug-likeness (QED) is 0.834. The summed E-state index contributed by atoms with van der Waals surface area (Å²) >= 11 is 0. The van der Waals surface area contributed by atoms with E-state index in [2.05, 4.69) is 4.98 Å². The fourth-order valence-electron chi connectivity index (χ4n) is 1.43. The number of carbonyl (C=O) groups is 1. The normalized spacial score (nSPS) is 10.2. The molecule has 0 aliphatic carbocycles. The van der Waals surface area contributed by atoms with Gasteiger partial charge in [0.15, 0.2) is 0 Å². The number of hydrogen-bond donors (Lipinski definition) is 2. The van der Waals surface area contributed by atoms with Crippen LogP contribution in [0.4, 0.5) is 4.39 Å². The molecule has 86 valence electrons. The van der Waals surface area contributed by atoms with Crippen molar-refractivity contribution in [2.75, 3.05) is 0 Å². The third-order valence-corrected chi connectivity index (χ3v) is 2.20. The first-order valence-corrected chi connectivity index (χ1v) is 4.75.